The van der Waals surface area contributed by atoms with Crippen LogP contribution in [-0.4, -0.2) is 61.2 Å². The van der Waals surface area contributed by atoms with E-state index in [1.54, 1.807) is 0 Å². The largest absolute Gasteiger partial charge is 0.492 e. The highest BCUT2D eigenvalue weighted by molar-refractivity contribution is 7.80. The summed E-state index contributed by atoms with van der Waals surface area (Å²) in [6, 6.07) is 5.87. The smallest absolute Gasteiger partial charge is 0.122 e. The second kappa shape index (κ2) is 7.02. The van der Waals surface area contributed by atoms with Crippen molar-refractivity contribution in [2.75, 3.05) is 46.4 Å². The van der Waals surface area contributed by atoms with Crippen molar-refractivity contribution in [3.05, 3.63) is 29.3 Å². The highest BCUT2D eigenvalue weighted by atomic mass is 32.1. The van der Waals surface area contributed by atoms with Crippen LogP contribution in [0.4, 0.5) is 0 Å². The Morgan fingerprint density at radius 1 is 1.30 bits per heavy atom. The van der Waals surface area contributed by atoms with Gasteiger partial charge in [-0.25, -0.2) is 0 Å². The Morgan fingerprint density at radius 3 is 2.65 bits per heavy atom. The minimum atomic E-state index is 0.411. The number of piperazine rings is 1. The van der Waals surface area contributed by atoms with E-state index in [2.05, 4.69) is 16.8 Å². The van der Waals surface area contributed by atoms with Gasteiger partial charge in [-0.3, -0.25) is 4.90 Å². The molecule has 1 heterocycles. The second-order valence-electron chi connectivity index (χ2n) is 5.34. The van der Waals surface area contributed by atoms with Crippen molar-refractivity contribution in [2.24, 2.45) is 5.73 Å². The van der Waals surface area contributed by atoms with Gasteiger partial charge in [-0.2, -0.15) is 0 Å². The number of nitrogens with zero attached hydrogens (tertiary/aromatic N) is 2. The summed E-state index contributed by atoms with van der Waals surface area (Å²) in [5, 5.41) is 0. The molecule has 0 spiro atoms. The Kier molecular flexibility index (Phi) is 5.34. The van der Waals surface area contributed by atoms with Gasteiger partial charge in [0.2, 0.25) is 0 Å². The normalized spacial score (nSPS) is 17.1. The first-order chi connectivity index (χ1) is 9.56. The molecule has 20 heavy (non-hydrogen) atoms. The van der Waals surface area contributed by atoms with Crippen molar-refractivity contribution < 1.29 is 4.74 Å². The fourth-order valence-electron chi connectivity index (χ4n) is 2.27. The van der Waals surface area contributed by atoms with Crippen molar-refractivity contribution in [3.8, 4) is 5.75 Å². The zero-order valence-corrected chi connectivity index (χ0v) is 13.1. The number of ether oxygens (including phenoxy) is 1. The van der Waals surface area contributed by atoms with Crippen LogP contribution in [0.3, 0.4) is 0 Å². The first-order valence-corrected chi connectivity index (χ1v) is 7.41. The van der Waals surface area contributed by atoms with Crippen molar-refractivity contribution in [3.63, 3.8) is 0 Å². The molecule has 0 atom stereocenters. The van der Waals surface area contributed by atoms with E-state index >= 15 is 0 Å². The van der Waals surface area contributed by atoms with E-state index in [1.807, 2.05) is 25.1 Å². The highest BCUT2D eigenvalue weighted by Gasteiger charge is 2.13. The Labute approximate surface area is 126 Å². The van der Waals surface area contributed by atoms with Crippen molar-refractivity contribution in [1.82, 2.24) is 9.80 Å². The Balaban J connectivity index is 1.84. The van der Waals surface area contributed by atoms with Crippen LogP contribution < -0.4 is 10.5 Å². The van der Waals surface area contributed by atoms with Gasteiger partial charge in [-0.1, -0.05) is 24.4 Å². The van der Waals surface area contributed by atoms with Gasteiger partial charge in [-0.05, 0) is 25.6 Å². The standard InChI is InChI=1S/C15H23N3OS/c1-12-3-4-13(15(16)20)11-14(12)19-10-9-18-7-5-17(2)6-8-18/h3-4,11H,5-10H2,1-2H3,(H2,16,20). The molecule has 4 nitrogen and oxygen atoms in total. The maximum absolute atomic E-state index is 5.89. The number of nitrogens with two attached hydrogens (primary N) is 1. The molecule has 1 aliphatic heterocycles. The second-order valence-corrected chi connectivity index (χ2v) is 5.78. The molecule has 1 aromatic rings. The monoisotopic (exact) mass is 293 g/mol. The Bertz CT molecular complexity index is 470. The van der Waals surface area contributed by atoms with Crippen LogP contribution in [0.15, 0.2) is 18.2 Å². The van der Waals surface area contributed by atoms with E-state index in [0.29, 0.717) is 11.6 Å². The number of thiocarbonyl (C=S) groups is 1. The van der Waals surface area contributed by atoms with Crippen LogP contribution in [0.2, 0.25) is 0 Å². The molecule has 0 radical (unpaired) electrons. The average Bonchev–Trinajstić information content (AvgIpc) is 2.43. The average molecular weight is 293 g/mol. The van der Waals surface area contributed by atoms with Crippen LogP contribution in [0.5, 0.6) is 5.75 Å². The number of likely N-dealkylation sites (N-methyl/N-ethyl adjacent to an activating group) is 1. The molecule has 0 saturated carbocycles. The predicted molar refractivity (Wildman–Crippen MR) is 86.5 cm³/mol. The van der Waals surface area contributed by atoms with Gasteiger partial charge in [0.25, 0.3) is 0 Å². The molecule has 1 fully saturated rings. The third kappa shape index (κ3) is 4.16. The molecule has 2 N–H and O–H groups in total. The van der Waals surface area contributed by atoms with Gasteiger partial charge < -0.3 is 15.4 Å². The van der Waals surface area contributed by atoms with Crippen molar-refractivity contribution in [1.29, 1.82) is 0 Å². The third-order valence-electron chi connectivity index (χ3n) is 3.73. The summed E-state index contributed by atoms with van der Waals surface area (Å²) >= 11 is 5.00. The van der Waals surface area contributed by atoms with E-state index in [9.17, 15) is 0 Å². The van der Waals surface area contributed by atoms with E-state index in [-0.39, 0.29) is 0 Å². The highest BCUT2D eigenvalue weighted by Crippen LogP contribution is 2.19. The minimum absolute atomic E-state index is 0.411. The lowest BCUT2D eigenvalue weighted by atomic mass is 10.1. The van der Waals surface area contributed by atoms with Gasteiger partial charge >= 0.3 is 0 Å². The van der Waals surface area contributed by atoms with E-state index in [0.717, 1.165) is 49.6 Å². The number of rotatable bonds is 5. The number of benzene rings is 1. The van der Waals surface area contributed by atoms with Gasteiger partial charge in [0, 0.05) is 38.3 Å². The minimum Gasteiger partial charge on any atom is -0.492 e. The molecular formula is C15H23N3OS. The molecule has 0 unspecified atom stereocenters. The SMILES string of the molecule is Cc1ccc(C(N)=S)cc1OCCN1CCN(C)CC1. The van der Waals surface area contributed by atoms with E-state index in [1.165, 1.54) is 0 Å². The predicted octanol–water partition coefficient (Wildman–Crippen LogP) is 1.26. The van der Waals surface area contributed by atoms with E-state index < -0.39 is 0 Å². The molecule has 1 aromatic carbocycles. The number of hydrogen-bond donors (Lipinski definition) is 1. The molecule has 0 bridgehead atoms. The Hall–Kier alpha value is -1.17. The van der Waals surface area contributed by atoms with E-state index in [4.69, 9.17) is 22.7 Å². The molecule has 1 aliphatic rings. The van der Waals surface area contributed by atoms with Crippen molar-refractivity contribution >= 4 is 17.2 Å². The molecule has 0 aliphatic carbocycles. The maximum atomic E-state index is 5.89. The quantitative estimate of drug-likeness (QED) is 0.828. The van der Waals surface area contributed by atoms with Crippen LogP contribution in [0, 0.1) is 6.92 Å². The van der Waals surface area contributed by atoms with Gasteiger partial charge in [-0.15, -0.1) is 0 Å². The molecule has 5 heteroatoms. The topological polar surface area (TPSA) is 41.7 Å². The van der Waals surface area contributed by atoms with Crippen LogP contribution in [0.1, 0.15) is 11.1 Å². The maximum Gasteiger partial charge on any atom is 0.122 e. The summed E-state index contributed by atoms with van der Waals surface area (Å²) in [4.78, 5) is 5.20. The van der Waals surface area contributed by atoms with Crippen LogP contribution >= 0.6 is 12.2 Å². The summed E-state index contributed by atoms with van der Waals surface area (Å²) in [6.07, 6.45) is 0. The fourth-order valence-corrected chi connectivity index (χ4v) is 2.39. The molecule has 0 amide bonds. The van der Waals surface area contributed by atoms with Gasteiger partial charge in [0.05, 0.1) is 0 Å². The van der Waals surface area contributed by atoms with Crippen LogP contribution in [-0.2, 0) is 0 Å². The number of hydrogen-bond acceptors (Lipinski definition) is 4. The van der Waals surface area contributed by atoms with Gasteiger partial charge in [0.15, 0.2) is 0 Å². The molecule has 110 valence electrons. The molecule has 0 aromatic heterocycles. The van der Waals surface area contributed by atoms with Crippen molar-refractivity contribution in [2.45, 2.75) is 6.92 Å². The summed E-state index contributed by atoms with van der Waals surface area (Å²) in [7, 11) is 2.17. The lowest BCUT2D eigenvalue weighted by molar-refractivity contribution is 0.133. The zero-order valence-electron chi connectivity index (χ0n) is 12.3. The molecular weight excluding hydrogens is 270 g/mol. The third-order valence-corrected chi connectivity index (χ3v) is 3.97. The first kappa shape index (κ1) is 15.2. The molecule has 2 rings (SSSR count). The lowest BCUT2D eigenvalue weighted by Crippen LogP contribution is -2.45. The summed E-state index contributed by atoms with van der Waals surface area (Å²) in [5.74, 6) is 0.879. The van der Waals surface area contributed by atoms with Gasteiger partial charge in [0.1, 0.15) is 17.3 Å². The summed E-state index contributed by atoms with van der Waals surface area (Å²) in [5.41, 5.74) is 7.63. The summed E-state index contributed by atoms with van der Waals surface area (Å²) < 4.78 is 5.89. The molecule has 1 saturated heterocycles. The summed E-state index contributed by atoms with van der Waals surface area (Å²) in [6.45, 7) is 8.20. The Morgan fingerprint density at radius 2 is 2.00 bits per heavy atom. The lowest BCUT2D eigenvalue weighted by Gasteiger charge is -2.32. The fraction of sp³-hybridized carbons (Fsp3) is 0.533. The first-order valence-electron chi connectivity index (χ1n) is 7.00. The van der Waals surface area contributed by atoms with Crippen LogP contribution in [0.25, 0.3) is 0 Å². The number of aryl methyl sites for hydroxylation is 1. The zero-order chi connectivity index (χ0) is 14.5.